The first-order chi connectivity index (χ1) is 6.59. The predicted octanol–water partition coefficient (Wildman–Crippen LogP) is 1.45. The molecule has 0 atom stereocenters. The first-order valence-electron chi connectivity index (χ1n) is 4.98. The van der Waals surface area contributed by atoms with Crippen LogP contribution in [-0.2, 0) is 6.42 Å². The Morgan fingerprint density at radius 2 is 2.14 bits per heavy atom. The van der Waals surface area contributed by atoms with Crippen LogP contribution in [0, 0.1) is 6.92 Å². The summed E-state index contributed by atoms with van der Waals surface area (Å²) in [5.74, 6) is 2.21. The van der Waals surface area contributed by atoms with Crippen molar-refractivity contribution in [2.75, 3.05) is 37.5 Å². The van der Waals surface area contributed by atoms with Gasteiger partial charge in [-0.1, -0.05) is 0 Å². The Hall–Kier alpha value is -1.25. The number of hydrogen-bond donors (Lipinski definition) is 0. The van der Waals surface area contributed by atoms with Gasteiger partial charge in [0.2, 0.25) is 0 Å². The Morgan fingerprint density at radius 1 is 1.43 bits per heavy atom. The van der Waals surface area contributed by atoms with E-state index < -0.39 is 0 Å². The summed E-state index contributed by atoms with van der Waals surface area (Å²) in [6.45, 7) is 3.27. The Morgan fingerprint density at radius 3 is 2.79 bits per heavy atom. The zero-order chi connectivity index (χ0) is 10.3. The van der Waals surface area contributed by atoms with Crippen LogP contribution in [0.2, 0.25) is 0 Å². The molecule has 0 saturated carbocycles. The first kappa shape index (κ1) is 9.31. The van der Waals surface area contributed by atoms with Gasteiger partial charge in [-0.15, -0.1) is 0 Å². The zero-order valence-electron chi connectivity index (χ0n) is 9.33. The van der Waals surface area contributed by atoms with Gasteiger partial charge in [-0.05, 0) is 30.5 Å². The molecule has 1 aromatic heterocycles. The molecule has 76 valence electrons. The quantitative estimate of drug-likeness (QED) is 0.669. The smallest absolute Gasteiger partial charge is 0.134 e. The molecule has 0 radical (unpaired) electrons. The number of hydrogen-bond acceptors (Lipinski definition) is 3. The molecule has 0 fully saturated rings. The molecule has 0 aromatic carbocycles. The van der Waals surface area contributed by atoms with Crippen LogP contribution in [0.3, 0.4) is 0 Å². The maximum absolute atomic E-state index is 4.65. The molecule has 1 aliphatic rings. The minimum absolute atomic E-state index is 1.05. The second kappa shape index (κ2) is 3.15. The molecular formula is C11H17N3. The molecule has 1 aromatic rings. The lowest BCUT2D eigenvalue weighted by Crippen LogP contribution is -2.16. The van der Waals surface area contributed by atoms with Crippen molar-refractivity contribution >= 4 is 11.6 Å². The molecule has 0 N–H and O–H groups in total. The third-order valence-corrected chi connectivity index (χ3v) is 2.83. The normalized spacial score (nSPS) is 14.4. The van der Waals surface area contributed by atoms with Crippen molar-refractivity contribution in [2.24, 2.45) is 0 Å². The summed E-state index contributed by atoms with van der Waals surface area (Å²) >= 11 is 0. The number of anilines is 2. The van der Waals surface area contributed by atoms with E-state index in [0.29, 0.717) is 0 Å². The van der Waals surface area contributed by atoms with E-state index in [1.807, 2.05) is 14.1 Å². The predicted molar refractivity (Wildman–Crippen MR) is 60.3 cm³/mol. The largest absolute Gasteiger partial charge is 0.363 e. The standard InChI is InChI=1S/C11H17N3/c1-8-7-10(13(2)3)12-11-9(8)5-6-14(11)4/h7H,5-6H2,1-4H3. The van der Waals surface area contributed by atoms with Gasteiger partial charge in [0.05, 0.1) is 0 Å². The van der Waals surface area contributed by atoms with Gasteiger partial charge in [0, 0.05) is 27.7 Å². The third-order valence-electron chi connectivity index (χ3n) is 2.83. The van der Waals surface area contributed by atoms with Crippen molar-refractivity contribution in [3.05, 3.63) is 17.2 Å². The second-order valence-electron chi connectivity index (χ2n) is 4.17. The molecule has 2 heterocycles. The van der Waals surface area contributed by atoms with Gasteiger partial charge in [0.1, 0.15) is 11.6 Å². The van der Waals surface area contributed by atoms with Crippen molar-refractivity contribution < 1.29 is 0 Å². The van der Waals surface area contributed by atoms with E-state index >= 15 is 0 Å². The monoisotopic (exact) mass is 191 g/mol. The number of nitrogens with zero attached hydrogens (tertiary/aromatic N) is 3. The Labute approximate surface area is 85.4 Å². The number of aryl methyl sites for hydroxylation is 1. The van der Waals surface area contributed by atoms with Crippen molar-refractivity contribution in [3.63, 3.8) is 0 Å². The van der Waals surface area contributed by atoms with Gasteiger partial charge in [-0.25, -0.2) is 4.98 Å². The molecule has 2 rings (SSSR count). The Kier molecular flexibility index (Phi) is 2.10. The van der Waals surface area contributed by atoms with E-state index in [1.165, 1.54) is 11.1 Å². The molecule has 1 aliphatic heterocycles. The van der Waals surface area contributed by atoms with Gasteiger partial charge < -0.3 is 9.80 Å². The lowest BCUT2D eigenvalue weighted by atomic mass is 10.1. The Bertz CT molecular complexity index is 358. The molecule has 0 aliphatic carbocycles. The topological polar surface area (TPSA) is 19.4 Å². The van der Waals surface area contributed by atoms with Crippen LogP contribution >= 0.6 is 0 Å². The van der Waals surface area contributed by atoms with Crippen LogP contribution in [-0.4, -0.2) is 32.7 Å². The van der Waals surface area contributed by atoms with Gasteiger partial charge in [0.15, 0.2) is 0 Å². The number of pyridine rings is 1. The van der Waals surface area contributed by atoms with E-state index in [9.17, 15) is 0 Å². The summed E-state index contributed by atoms with van der Waals surface area (Å²) in [6, 6.07) is 2.16. The molecule has 0 unspecified atom stereocenters. The average Bonchev–Trinajstić information content (AvgIpc) is 2.48. The van der Waals surface area contributed by atoms with Gasteiger partial charge >= 0.3 is 0 Å². The van der Waals surface area contributed by atoms with Crippen LogP contribution in [0.5, 0.6) is 0 Å². The maximum Gasteiger partial charge on any atom is 0.134 e. The van der Waals surface area contributed by atoms with E-state index in [4.69, 9.17) is 0 Å². The van der Waals surface area contributed by atoms with Crippen LogP contribution in [0.15, 0.2) is 6.07 Å². The summed E-state index contributed by atoms with van der Waals surface area (Å²) in [6.07, 6.45) is 1.14. The highest BCUT2D eigenvalue weighted by atomic mass is 15.2. The van der Waals surface area contributed by atoms with Gasteiger partial charge in [-0.3, -0.25) is 0 Å². The summed E-state index contributed by atoms with van der Waals surface area (Å²) in [7, 11) is 6.17. The van der Waals surface area contributed by atoms with Crippen molar-refractivity contribution in [1.82, 2.24) is 4.98 Å². The molecule has 3 heteroatoms. The minimum atomic E-state index is 1.05. The van der Waals surface area contributed by atoms with E-state index in [0.717, 1.165) is 24.6 Å². The van der Waals surface area contributed by atoms with Crippen LogP contribution in [0.25, 0.3) is 0 Å². The van der Waals surface area contributed by atoms with Crippen molar-refractivity contribution in [1.29, 1.82) is 0 Å². The summed E-state index contributed by atoms with van der Waals surface area (Å²) in [5.41, 5.74) is 2.78. The molecule has 0 bridgehead atoms. The fourth-order valence-corrected chi connectivity index (χ4v) is 1.90. The third kappa shape index (κ3) is 1.33. The fourth-order valence-electron chi connectivity index (χ4n) is 1.90. The fraction of sp³-hybridized carbons (Fsp3) is 0.545. The van der Waals surface area contributed by atoms with E-state index in [1.54, 1.807) is 0 Å². The molecule has 3 nitrogen and oxygen atoms in total. The van der Waals surface area contributed by atoms with Crippen LogP contribution in [0.1, 0.15) is 11.1 Å². The van der Waals surface area contributed by atoms with Crippen LogP contribution in [0.4, 0.5) is 11.6 Å². The SMILES string of the molecule is Cc1cc(N(C)C)nc2c1CCN2C. The number of rotatable bonds is 1. The zero-order valence-corrected chi connectivity index (χ0v) is 9.33. The second-order valence-corrected chi connectivity index (χ2v) is 4.17. The molecule has 14 heavy (non-hydrogen) atoms. The molecule has 0 spiro atoms. The highest BCUT2D eigenvalue weighted by Crippen LogP contribution is 2.29. The lowest BCUT2D eigenvalue weighted by Gasteiger charge is -2.17. The van der Waals surface area contributed by atoms with Crippen molar-refractivity contribution in [3.8, 4) is 0 Å². The summed E-state index contributed by atoms with van der Waals surface area (Å²) in [4.78, 5) is 8.93. The van der Waals surface area contributed by atoms with Crippen LogP contribution < -0.4 is 9.80 Å². The van der Waals surface area contributed by atoms with Gasteiger partial charge in [0.25, 0.3) is 0 Å². The minimum Gasteiger partial charge on any atom is -0.363 e. The first-order valence-corrected chi connectivity index (χ1v) is 4.98. The highest BCUT2D eigenvalue weighted by molar-refractivity contribution is 5.60. The molecule has 0 saturated heterocycles. The molecular weight excluding hydrogens is 174 g/mol. The van der Waals surface area contributed by atoms with Crippen molar-refractivity contribution in [2.45, 2.75) is 13.3 Å². The summed E-state index contributed by atoms with van der Waals surface area (Å²) in [5, 5.41) is 0. The van der Waals surface area contributed by atoms with Gasteiger partial charge in [-0.2, -0.15) is 0 Å². The highest BCUT2D eigenvalue weighted by Gasteiger charge is 2.20. The summed E-state index contributed by atoms with van der Waals surface area (Å²) < 4.78 is 0. The molecule has 0 amide bonds. The number of aromatic nitrogens is 1. The lowest BCUT2D eigenvalue weighted by molar-refractivity contribution is 0.942. The average molecular weight is 191 g/mol. The number of likely N-dealkylation sites (N-methyl/N-ethyl adjacent to an activating group) is 1. The van der Waals surface area contributed by atoms with E-state index in [2.05, 4.69) is 34.8 Å². The Balaban J connectivity index is 2.52. The number of fused-ring (bicyclic) bond motifs is 1. The van der Waals surface area contributed by atoms with E-state index in [-0.39, 0.29) is 0 Å². The maximum atomic E-state index is 4.65.